The second-order valence-corrected chi connectivity index (χ2v) is 6.91. The average Bonchev–Trinajstić information content (AvgIpc) is 3.15. The molecule has 4 rings (SSSR count). The summed E-state index contributed by atoms with van der Waals surface area (Å²) in [5, 5.41) is 0. The number of aryl methyl sites for hydroxylation is 1. The van der Waals surface area contributed by atoms with E-state index in [0.29, 0.717) is 11.3 Å². The summed E-state index contributed by atoms with van der Waals surface area (Å²) in [6, 6.07) is 23.9. The first-order valence-electron chi connectivity index (χ1n) is 9.72. The fourth-order valence-electron chi connectivity index (χ4n) is 3.02. The topological polar surface area (TPSA) is 65.0 Å². The number of hydrogen-bond acceptors (Lipinski definition) is 5. The highest BCUT2D eigenvalue weighted by Gasteiger charge is 2.24. The van der Waals surface area contributed by atoms with Gasteiger partial charge in [-0.25, -0.2) is 14.6 Å². The summed E-state index contributed by atoms with van der Waals surface area (Å²) in [4.78, 5) is 28.9. The van der Waals surface area contributed by atoms with Crippen LogP contribution >= 0.6 is 0 Å². The number of hydrogen-bond donors (Lipinski definition) is 0. The molecule has 1 aliphatic rings. The van der Waals surface area contributed by atoms with Crippen LogP contribution in [-0.2, 0) is 14.3 Å². The van der Waals surface area contributed by atoms with Crippen molar-refractivity contribution >= 4 is 30.0 Å². The van der Waals surface area contributed by atoms with Crippen LogP contribution in [0.1, 0.15) is 22.3 Å². The van der Waals surface area contributed by atoms with Gasteiger partial charge in [-0.05, 0) is 42.8 Å². The standard InChI is InChI=1S/C26H19NO4/c1-18-8-7-12-21(16-18)25-27-22(26(29)31-25)17-20-11-5-6-13-23(20)30-24(28)15-14-19-9-3-2-4-10-19/h2-17H,1H3/b15-14+,22-17+. The predicted octanol–water partition coefficient (Wildman–Crippen LogP) is 4.96. The van der Waals surface area contributed by atoms with E-state index >= 15 is 0 Å². The van der Waals surface area contributed by atoms with Crippen LogP contribution in [0.5, 0.6) is 5.75 Å². The van der Waals surface area contributed by atoms with Gasteiger partial charge >= 0.3 is 11.9 Å². The van der Waals surface area contributed by atoms with Gasteiger partial charge in [-0.1, -0.05) is 66.2 Å². The fraction of sp³-hybridized carbons (Fsp3) is 0.0385. The summed E-state index contributed by atoms with van der Waals surface area (Å²) in [6.07, 6.45) is 4.59. The van der Waals surface area contributed by atoms with Crippen molar-refractivity contribution in [2.24, 2.45) is 4.99 Å². The van der Waals surface area contributed by atoms with Crippen molar-refractivity contribution in [1.29, 1.82) is 0 Å². The summed E-state index contributed by atoms with van der Waals surface area (Å²) in [7, 11) is 0. The predicted molar refractivity (Wildman–Crippen MR) is 119 cm³/mol. The van der Waals surface area contributed by atoms with Gasteiger partial charge < -0.3 is 9.47 Å². The summed E-state index contributed by atoms with van der Waals surface area (Å²) >= 11 is 0. The average molecular weight is 409 g/mol. The van der Waals surface area contributed by atoms with Crippen molar-refractivity contribution < 1.29 is 19.1 Å². The minimum atomic E-state index is -0.554. The van der Waals surface area contributed by atoms with E-state index in [0.717, 1.165) is 16.7 Å². The van der Waals surface area contributed by atoms with Crippen molar-refractivity contribution in [3.8, 4) is 5.75 Å². The number of benzene rings is 3. The molecular weight excluding hydrogens is 390 g/mol. The zero-order chi connectivity index (χ0) is 21.6. The molecule has 3 aromatic rings. The third-order valence-electron chi connectivity index (χ3n) is 4.52. The minimum absolute atomic E-state index is 0.139. The first-order chi connectivity index (χ1) is 15.1. The zero-order valence-electron chi connectivity index (χ0n) is 16.8. The molecule has 5 heteroatoms. The number of cyclic esters (lactones) is 1. The first kappa shape index (κ1) is 20.0. The maximum Gasteiger partial charge on any atom is 0.363 e. The number of ether oxygens (including phenoxy) is 2. The molecule has 0 fully saturated rings. The normalized spacial score (nSPS) is 14.5. The Balaban J connectivity index is 1.55. The van der Waals surface area contributed by atoms with Gasteiger partial charge in [-0.15, -0.1) is 0 Å². The van der Waals surface area contributed by atoms with Gasteiger partial charge in [0.25, 0.3) is 0 Å². The third kappa shape index (κ3) is 5.03. The number of aliphatic imine (C=N–C) groups is 1. The Hall–Kier alpha value is -4.25. The van der Waals surface area contributed by atoms with Gasteiger partial charge in [0.2, 0.25) is 5.90 Å². The van der Waals surface area contributed by atoms with Crippen LogP contribution < -0.4 is 4.74 Å². The van der Waals surface area contributed by atoms with Gasteiger partial charge in [0.05, 0.1) is 0 Å². The number of esters is 2. The molecule has 0 spiro atoms. The molecule has 0 saturated carbocycles. The third-order valence-corrected chi connectivity index (χ3v) is 4.52. The molecule has 1 aliphatic heterocycles. The number of rotatable bonds is 5. The number of nitrogens with zero attached hydrogens (tertiary/aromatic N) is 1. The van der Waals surface area contributed by atoms with Crippen LogP contribution in [-0.4, -0.2) is 17.8 Å². The molecule has 0 unspecified atom stereocenters. The summed E-state index contributed by atoms with van der Waals surface area (Å²) in [5.41, 5.74) is 3.34. The van der Waals surface area contributed by atoms with Crippen LogP contribution in [0.4, 0.5) is 0 Å². The monoisotopic (exact) mass is 409 g/mol. The summed E-state index contributed by atoms with van der Waals surface area (Å²) in [5.74, 6) is -0.501. The van der Waals surface area contributed by atoms with E-state index in [4.69, 9.17) is 9.47 Å². The van der Waals surface area contributed by atoms with Crippen molar-refractivity contribution in [3.05, 3.63) is 113 Å². The van der Waals surface area contributed by atoms with Gasteiger partial charge in [-0.2, -0.15) is 0 Å². The lowest BCUT2D eigenvalue weighted by Crippen LogP contribution is -2.06. The van der Waals surface area contributed by atoms with Crippen LogP contribution in [0.15, 0.2) is 95.6 Å². The SMILES string of the molecule is Cc1cccc(C2=N/C(=C/c3ccccc3OC(=O)/C=C/c3ccccc3)C(=O)O2)c1. The highest BCUT2D eigenvalue weighted by Crippen LogP contribution is 2.25. The molecule has 31 heavy (non-hydrogen) atoms. The molecule has 0 radical (unpaired) electrons. The van der Waals surface area contributed by atoms with Gasteiger partial charge in [0, 0.05) is 17.2 Å². The highest BCUT2D eigenvalue weighted by molar-refractivity contribution is 6.13. The maximum absolute atomic E-state index is 12.3. The summed E-state index contributed by atoms with van der Waals surface area (Å²) in [6.45, 7) is 1.95. The van der Waals surface area contributed by atoms with E-state index in [1.807, 2.05) is 61.5 Å². The van der Waals surface area contributed by atoms with E-state index in [9.17, 15) is 9.59 Å². The zero-order valence-corrected chi connectivity index (χ0v) is 16.8. The van der Waals surface area contributed by atoms with Crippen molar-refractivity contribution in [2.75, 3.05) is 0 Å². The Morgan fingerprint density at radius 3 is 2.55 bits per heavy atom. The lowest BCUT2D eigenvalue weighted by molar-refractivity contribution is -0.130. The molecule has 1 heterocycles. The molecule has 0 aromatic heterocycles. The summed E-state index contributed by atoms with van der Waals surface area (Å²) < 4.78 is 10.8. The molecule has 0 N–H and O–H groups in total. The van der Waals surface area contributed by atoms with Crippen molar-refractivity contribution in [1.82, 2.24) is 0 Å². The van der Waals surface area contributed by atoms with E-state index in [-0.39, 0.29) is 11.6 Å². The molecule has 5 nitrogen and oxygen atoms in total. The van der Waals surface area contributed by atoms with E-state index in [1.165, 1.54) is 6.08 Å². The van der Waals surface area contributed by atoms with Gasteiger partial charge in [0.1, 0.15) is 5.75 Å². The van der Waals surface area contributed by atoms with Crippen LogP contribution in [0.3, 0.4) is 0 Å². The van der Waals surface area contributed by atoms with E-state index in [1.54, 1.807) is 36.4 Å². The van der Waals surface area contributed by atoms with Crippen LogP contribution in [0, 0.1) is 6.92 Å². The number of carbonyl (C=O) groups excluding carboxylic acids is 2. The van der Waals surface area contributed by atoms with Crippen molar-refractivity contribution in [3.63, 3.8) is 0 Å². The molecule has 0 atom stereocenters. The number of carbonyl (C=O) groups is 2. The fourth-order valence-corrected chi connectivity index (χ4v) is 3.02. The molecular formula is C26H19NO4. The smallest absolute Gasteiger partial charge is 0.363 e. The molecule has 0 amide bonds. The Morgan fingerprint density at radius 1 is 0.968 bits per heavy atom. The van der Waals surface area contributed by atoms with Crippen LogP contribution in [0.2, 0.25) is 0 Å². The Morgan fingerprint density at radius 2 is 1.74 bits per heavy atom. The molecule has 0 saturated heterocycles. The number of para-hydroxylation sites is 1. The Kier molecular flexibility index (Phi) is 5.85. The quantitative estimate of drug-likeness (QED) is 0.339. The lowest BCUT2D eigenvalue weighted by atomic mass is 10.1. The first-order valence-corrected chi connectivity index (χ1v) is 9.72. The van der Waals surface area contributed by atoms with E-state index < -0.39 is 11.9 Å². The van der Waals surface area contributed by atoms with Gasteiger partial charge in [0.15, 0.2) is 5.70 Å². The van der Waals surface area contributed by atoms with Crippen LogP contribution in [0.25, 0.3) is 12.2 Å². The minimum Gasteiger partial charge on any atom is -0.423 e. The molecule has 152 valence electrons. The Labute approximate surface area is 180 Å². The molecule has 0 aliphatic carbocycles. The van der Waals surface area contributed by atoms with Crippen molar-refractivity contribution in [2.45, 2.75) is 6.92 Å². The second kappa shape index (κ2) is 9.05. The molecule has 0 bridgehead atoms. The second-order valence-electron chi connectivity index (χ2n) is 6.91. The van der Waals surface area contributed by atoms with Gasteiger partial charge in [-0.3, -0.25) is 0 Å². The highest BCUT2D eigenvalue weighted by atomic mass is 16.6. The lowest BCUT2D eigenvalue weighted by Gasteiger charge is -2.05. The molecule has 3 aromatic carbocycles. The largest absolute Gasteiger partial charge is 0.423 e. The maximum atomic E-state index is 12.3. The Bertz CT molecular complexity index is 1220. The van der Waals surface area contributed by atoms with E-state index in [2.05, 4.69) is 4.99 Å².